The van der Waals surface area contributed by atoms with Gasteiger partial charge in [0.2, 0.25) is 5.91 Å². The summed E-state index contributed by atoms with van der Waals surface area (Å²) in [5, 5.41) is 3.96. The Kier molecular flexibility index (Phi) is 4.52. The topological polar surface area (TPSA) is 49.6 Å². The fraction of sp³-hybridized carbons (Fsp3) is 0.765. The maximum atomic E-state index is 12.8. The minimum atomic E-state index is 0.236. The second-order valence-electron chi connectivity index (χ2n) is 6.61. The van der Waals surface area contributed by atoms with Gasteiger partial charge in [0.1, 0.15) is 5.76 Å². The first-order chi connectivity index (χ1) is 10.6. The van der Waals surface area contributed by atoms with Crippen LogP contribution < -0.4 is 0 Å². The van der Waals surface area contributed by atoms with Gasteiger partial charge < -0.3 is 9.42 Å². The molecule has 0 spiro atoms. The third-order valence-electron chi connectivity index (χ3n) is 5.39. The molecule has 1 amide bonds. The van der Waals surface area contributed by atoms with Crippen molar-refractivity contribution < 1.29 is 9.32 Å². The van der Waals surface area contributed by atoms with E-state index in [0.29, 0.717) is 18.5 Å². The number of aryl methyl sites for hydroxylation is 2. The summed E-state index contributed by atoms with van der Waals surface area (Å²) in [4.78, 5) is 17.5. The first-order valence-electron chi connectivity index (χ1n) is 8.57. The summed E-state index contributed by atoms with van der Waals surface area (Å²) in [5.41, 5.74) is 1.81. The van der Waals surface area contributed by atoms with Gasteiger partial charge in [0, 0.05) is 24.2 Å². The van der Waals surface area contributed by atoms with Crippen LogP contribution in [0.3, 0.4) is 0 Å². The van der Waals surface area contributed by atoms with Crippen molar-refractivity contribution in [1.29, 1.82) is 0 Å². The van der Waals surface area contributed by atoms with Crippen molar-refractivity contribution in [3.05, 3.63) is 17.0 Å². The lowest BCUT2D eigenvalue weighted by atomic mass is 10.0. The van der Waals surface area contributed by atoms with Gasteiger partial charge in [0.15, 0.2) is 0 Å². The van der Waals surface area contributed by atoms with Crippen molar-refractivity contribution in [1.82, 2.24) is 15.0 Å². The van der Waals surface area contributed by atoms with Crippen molar-refractivity contribution in [2.75, 3.05) is 19.6 Å². The number of likely N-dealkylation sites (tertiary alicyclic amines) is 2. The van der Waals surface area contributed by atoms with Crippen LogP contribution in [-0.4, -0.2) is 52.6 Å². The van der Waals surface area contributed by atoms with Crippen LogP contribution in [0.4, 0.5) is 0 Å². The number of nitrogens with zero attached hydrogens (tertiary/aromatic N) is 3. The van der Waals surface area contributed by atoms with E-state index >= 15 is 0 Å². The van der Waals surface area contributed by atoms with Crippen molar-refractivity contribution in [3.63, 3.8) is 0 Å². The molecular weight excluding hydrogens is 278 g/mol. The molecule has 1 aromatic rings. The molecule has 2 fully saturated rings. The average Bonchev–Trinajstić information content (AvgIpc) is 3.21. The summed E-state index contributed by atoms with van der Waals surface area (Å²) in [5.74, 6) is 1.01. The number of hydrogen-bond acceptors (Lipinski definition) is 4. The molecule has 3 rings (SSSR count). The second-order valence-corrected chi connectivity index (χ2v) is 6.61. The molecule has 0 saturated carbocycles. The molecular formula is C17H27N3O2. The zero-order chi connectivity index (χ0) is 15.7. The zero-order valence-corrected chi connectivity index (χ0v) is 14.0. The van der Waals surface area contributed by atoms with E-state index in [9.17, 15) is 4.79 Å². The molecule has 2 saturated heterocycles. The van der Waals surface area contributed by atoms with Crippen LogP contribution in [0.5, 0.6) is 0 Å². The van der Waals surface area contributed by atoms with E-state index in [1.54, 1.807) is 0 Å². The van der Waals surface area contributed by atoms with E-state index in [-0.39, 0.29) is 5.91 Å². The van der Waals surface area contributed by atoms with Gasteiger partial charge in [0.05, 0.1) is 12.1 Å². The maximum Gasteiger partial charge on any atom is 0.227 e. The van der Waals surface area contributed by atoms with E-state index in [4.69, 9.17) is 4.52 Å². The van der Waals surface area contributed by atoms with Gasteiger partial charge in [-0.2, -0.15) is 0 Å². The quantitative estimate of drug-likeness (QED) is 0.856. The van der Waals surface area contributed by atoms with Crippen LogP contribution in [0.1, 0.15) is 49.6 Å². The molecule has 1 aromatic heterocycles. The van der Waals surface area contributed by atoms with E-state index < -0.39 is 0 Å². The molecule has 2 atom stereocenters. The Morgan fingerprint density at radius 2 is 1.95 bits per heavy atom. The summed E-state index contributed by atoms with van der Waals surface area (Å²) in [7, 11) is 0. The highest BCUT2D eigenvalue weighted by Crippen LogP contribution is 2.30. The first kappa shape index (κ1) is 15.5. The minimum absolute atomic E-state index is 0.236. The molecule has 0 unspecified atom stereocenters. The Morgan fingerprint density at radius 1 is 1.23 bits per heavy atom. The normalized spacial score (nSPS) is 26.0. The number of hydrogen-bond donors (Lipinski definition) is 0. The molecule has 2 aliphatic rings. The Hall–Kier alpha value is -1.36. The van der Waals surface area contributed by atoms with Gasteiger partial charge in [-0.15, -0.1) is 0 Å². The summed E-state index contributed by atoms with van der Waals surface area (Å²) < 4.78 is 5.19. The lowest BCUT2D eigenvalue weighted by Gasteiger charge is -2.34. The monoisotopic (exact) mass is 305 g/mol. The molecule has 2 aliphatic heterocycles. The molecule has 122 valence electrons. The highest BCUT2D eigenvalue weighted by molar-refractivity contribution is 5.80. The van der Waals surface area contributed by atoms with E-state index in [0.717, 1.165) is 42.9 Å². The average molecular weight is 305 g/mol. The van der Waals surface area contributed by atoms with Gasteiger partial charge in [-0.3, -0.25) is 9.69 Å². The Balaban J connectivity index is 1.71. The standard InChI is InChI=1S/C17H27N3O2/c1-4-19-9-5-7-15(19)16-8-6-10-20(16)17(21)11-14-12(2)18-22-13(14)3/h15-16H,4-11H2,1-3H3/t15-,16-/m0/s1. The number of amides is 1. The summed E-state index contributed by atoms with van der Waals surface area (Å²) in [6.07, 6.45) is 5.20. The molecule has 5 heteroatoms. The van der Waals surface area contributed by atoms with Gasteiger partial charge in [-0.05, 0) is 52.6 Å². The predicted molar refractivity (Wildman–Crippen MR) is 84.7 cm³/mol. The third-order valence-corrected chi connectivity index (χ3v) is 5.39. The zero-order valence-electron chi connectivity index (χ0n) is 14.0. The molecule has 5 nitrogen and oxygen atoms in total. The fourth-order valence-corrected chi connectivity index (χ4v) is 4.19. The lowest BCUT2D eigenvalue weighted by Crippen LogP contribution is -2.48. The Morgan fingerprint density at radius 3 is 2.64 bits per heavy atom. The Bertz CT molecular complexity index is 521. The molecule has 0 aliphatic carbocycles. The number of rotatable bonds is 4. The number of likely N-dealkylation sites (N-methyl/N-ethyl adjacent to an activating group) is 1. The molecule has 0 aromatic carbocycles. The van der Waals surface area contributed by atoms with Crippen molar-refractivity contribution >= 4 is 5.91 Å². The lowest BCUT2D eigenvalue weighted by molar-refractivity contribution is -0.132. The van der Waals surface area contributed by atoms with Crippen LogP contribution in [0, 0.1) is 13.8 Å². The van der Waals surface area contributed by atoms with Crippen LogP contribution in [0.15, 0.2) is 4.52 Å². The fourth-order valence-electron chi connectivity index (χ4n) is 4.19. The summed E-state index contributed by atoms with van der Waals surface area (Å²) in [6.45, 7) is 9.21. The summed E-state index contributed by atoms with van der Waals surface area (Å²) >= 11 is 0. The number of carbonyl (C=O) groups is 1. The van der Waals surface area contributed by atoms with Crippen molar-refractivity contribution in [2.24, 2.45) is 0 Å². The summed E-state index contributed by atoms with van der Waals surface area (Å²) in [6, 6.07) is 0.955. The van der Waals surface area contributed by atoms with Gasteiger partial charge in [0.25, 0.3) is 0 Å². The molecule has 0 N–H and O–H groups in total. The van der Waals surface area contributed by atoms with E-state index in [1.165, 1.54) is 19.4 Å². The highest BCUT2D eigenvalue weighted by atomic mass is 16.5. The number of carbonyl (C=O) groups excluding carboxylic acids is 1. The van der Waals surface area contributed by atoms with E-state index in [2.05, 4.69) is 21.9 Å². The first-order valence-corrected chi connectivity index (χ1v) is 8.57. The van der Waals surface area contributed by atoms with Crippen LogP contribution in [0.25, 0.3) is 0 Å². The van der Waals surface area contributed by atoms with Crippen LogP contribution >= 0.6 is 0 Å². The number of aromatic nitrogens is 1. The Labute approximate surface area is 132 Å². The molecule has 0 bridgehead atoms. The highest BCUT2D eigenvalue weighted by Gasteiger charge is 2.39. The van der Waals surface area contributed by atoms with Gasteiger partial charge in [-0.25, -0.2) is 0 Å². The molecule has 3 heterocycles. The van der Waals surface area contributed by atoms with Gasteiger partial charge >= 0.3 is 0 Å². The predicted octanol–water partition coefficient (Wildman–Crippen LogP) is 2.31. The van der Waals surface area contributed by atoms with Gasteiger partial charge in [-0.1, -0.05) is 12.1 Å². The smallest absolute Gasteiger partial charge is 0.227 e. The SMILES string of the molecule is CCN1CCC[C@H]1[C@@H]1CCCN1C(=O)Cc1c(C)noc1C. The van der Waals surface area contributed by atoms with E-state index in [1.807, 2.05) is 13.8 Å². The maximum absolute atomic E-state index is 12.8. The van der Waals surface area contributed by atoms with Crippen LogP contribution in [-0.2, 0) is 11.2 Å². The van der Waals surface area contributed by atoms with Crippen molar-refractivity contribution in [3.8, 4) is 0 Å². The second kappa shape index (κ2) is 6.41. The largest absolute Gasteiger partial charge is 0.361 e. The molecule has 0 radical (unpaired) electrons. The van der Waals surface area contributed by atoms with Crippen LogP contribution in [0.2, 0.25) is 0 Å². The minimum Gasteiger partial charge on any atom is -0.361 e. The third kappa shape index (κ3) is 2.78. The van der Waals surface area contributed by atoms with Crippen molar-refractivity contribution in [2.45, 2.75) is 65.0 Å². The molecule has 22 heavy (non-hydrogen) atoms.